The molecule has 129 heavy (non-hydrogen) atoms. The van der Waals surface area contributed by atoms with Gasteiger partial charge in [0, 0.05) is 135 Å². The van der Waals surface area contributed by atoms with E-state index in [1.165, 1.54) is 18.3 Å². The van der Waals surface area contributed by atoms with Crippen molar-refractivity contribution in [1.82, 2.24) is 84.7 Å². The van der Waals surface area contributed by atoms with E-state index in [2.05, 4.69) is 99.3 Å². The average molecular weight is 1660 g/mol. The molecule has 18 nitrogen and oxygen atoms in total. The molecule has 19 heteroatoms. The zero-order valence-electron chi connectivity index (χ0n) is 68.9. The lowest BCUT2D eigenvalue weighted by atomic mass is 9.98. The van der Waals surface area contributed by atoms with Crippen molar-refractivity contribution in [3.8, 4) is 203 Å². The molecule has 21 aromatic rings. The SMILES string of the molecule is Fc1ccnc(-c2cc(-c3cccc(-c4ccccn4)n3)cc(-c3cccc(-c4cccc(-c5ccccn5)n4)n3)c2)c1.[C-]#[N+]c1ccnc(-c2cc(-c3cccc(-c4cccnc4)n3)cc(-c3cccc(-c4cccnc4)n3)c2)c1.c1ccc(-c2cccc(-c3cc(-c4cccc(-c5ccccn5)n4)cc(-c4cccc(-c5cccc(-c6ccccn6)n5)n4)c3)n2)cc1. The molecule has 0 amide bonds. The highest BCUT2D eigenvalue weighted by Crippen LogP contribution is 2.39. The Morgan fingerprint density at radius 1 is 0.163 bits per heavy atom. The van der Waals surface area contributed by atoms with Crippen molar-refractivity contribution in [2.24, 2.45) is 0 Å². The third kappa shape index (κ3) is 19.2. The van der Waals surface area contributed by atoms with Crippen LogP contribution >= 0.6 is 0 Å². The van der Waals surface area contributed by atoms with Gasteiger partial charge in [0.2, 0.25) is 0 Å². The summed E-state index contributed by atoms with van der Waals surface area (Å²) in [6.45, 7) is 7.43. The lowest BCUT2D eigenvalue weighted by molar-refractivity contribution is 0.626. The molecular weight excluding hydrogens is 1590 g/mol. The molecule has 0 saturated heterocycles. The van der Waals surface area contributed by atoms with Gasteiger partial charge in [0.15, 0.2) is 5.69 Å². The van der Waals surface area contributed by atoms with Crippen molar-refractivity contribution in [3.63, 3.8) is 0 Å². The van der Waals surface area contributed by atoms with E-state index in [1.54, 1.807) is 55.5 Å². The van der Waals surface area contributed by atoms with Gasteiger partial charge in [-0.15, -0.1) is 0 Å². The van der Waals surface area contributed by atoms with Gasteiger partial charge in [-0.2, -0.15) is 0 Å². The Morgan fingerprint density at radius 2 is 0.388 bits per heavy atom. The second-order valence-electron chi connectivity index (χ2n) is 29.6. The number of pyridine rings is 17. The van der Waals surface area contributed by atoms with E-state index in [-0.39, 0.29) is 5.82 Å². The quantitative estimate of drug-likeness (QED) is 0.0728. The van der Waals surface area contributed by atoms with Gasteiger partial charge in [-0.1, -0.05) is 109 Å². The maximum absolute atomic E-state index is 14.3. The fraction of sp³-hybridized carbons (Fsp3) is 0. The molecule has 4 aromatic carbocycles. The van der Waals surface area contributed by atoms with Crippen LogP contribution in [-0.4, -0.2) is 84.7 Å². The van der Waals surface area contributed by atoms with Crippen LogP contribution in [0.2, 0.25) is 0 Å². The van der Waals surface area contributed by atoms with Crippen molar-refractivity contribution in [3.05, 3.63) is 449 Å². The summed E-state index contributed by atoms with van der Waals surface area (Å²) in [6, 6.07) is 120. The van der Waals surface area contributed by atoms with Gasteiger partial charge in [0.1, 0.15) is 5.82 Å². The first-order valence-corrected chi connectivity index (χ1v) is 41.4. The molecule has 608 valence electrons. The van der Waals surface area contributed by atoms with Gasteiger partial charge < -0.3 is 0 Å². The molecule has 21 rings (SSSR count). The molecule has 0 aliphatic heterocycles. The van der Waals surface area contributed by atoms with Crippen LogP contribution in [0.15, 0.2) is 432 Å². The molecule has 0 saturated carbocycles. The predicted octanol–water partition coefficient (Wildman–Crippen LogP) is 25.5. The second kappa shape index (κ2) is 38.1. The fourth-order valence-electron chi connectivity index (χ4n) is 14.8. The first-order valence-electron chi connectivity index (χ1n) is 41.4. The second-order valence-corrected chi connectivity index (χ2v) is 29.6. The zero-order valence-corrected chi connectivity index (χ0v) is 68.9. The standard InChI is InChI=1S/C42H28N6.C36H23FN6.C32H20N6/c1-2-12-29(13-3-1)33-16-8-17-34(45-33)30-26-31(35-18-9-20-39(46-35)37-14-4-6-24-43-37)28-32(27-30)36-19-10-22-41(47-36)42-23-11-21-40(48-42)38-15-5-7-25-44-38;37-27-16-19-40-36(23-27)26-21-24(28-10-5-12-32(41-28)30-8-1-3-17-38-30)20-25(22-26)29-11-6-14-34(42-29)35-15-7-13-33(43-35)31-9-2-4-18-39-31;1-33-27-12-15-36-32(19-27)26-17-24(30-10-2-8-28(37-30)22-6-4-13-34-20-22)16-25(18-26)31-11-3-9-29(38-31)23-7-5-14-35-21-23/h1-28H;1-23H;2-21H. The molecule has 0 unspecified atom stereocenters. The number of aromatic nitrogens is 17. The van der Waals surface area contributed by atoms with Gasteiger partial charge in [0.25, 0.3) is 0 Å². The minimum atomic E-state index is -0.355. The first-order chi connectivity index (χ1) is 63.7. The molecule has 0 fully saturated rings. The lowest BCUT2D eigenvalue weighted by Crippen LogP contribution is -1.95. The minimum absolute atomic E-state index is 0.355. The number of nitrogens with zero attached hydrogens (tertiary/aromatic N) is 18. The fourth-order valence-corrected chi connectivity index (χ4v) is 14.8. The maximum atomic E-state index is 14.3. The highest BCUT2D eigenvalue weighted by atomic mass is 19.1. The molecule has 0 bridgehead atoms. The first kappa shape index (κ1) is 80.6. The van der Waals surface area contributed by atoms with Crippen LogP contribution in [0.5, 0.6) is 0 Å². The summed E-state index contributed by atoms with van der Waals surface area (Å²) in [4.78, 5) is 83.7. The third-order valence-corrected chi connectivity index (χ3v) is 21.0. The van der Waals surface area contributed by atoms with Gasteiger partial charge >= 0.3 is 0 Å². The molecular formula is C110H71FN18. The molecule has 0 aliphatic carbocycles. The van der Waals surface area contributed by atoms with Gasteiger partial charge in [-0.05, 0) is 255 Å². The number of rotatable bonds is 18. The largest absolute Gasteiger partial charge is 0.264 e. The number of benzene rings is 4. The van der Waals surface area contributed by atoms with Crippen LogP contribution in [-0.2, 0) is 0 Å². The molecule has 17 heterocycles. The van der Waals surface area contributed by atoms with E-state index in [0.717, 1.165) is 192 Å². The topological polar surface area (TPSA) is 223 Å². The molecule has 0 radical (unpaired) electrons. The van der Waals surface area contributed by atoms with Crippen molar-refractivity contribution >= 4 is 5.69 Å². The van der Waals surface area contributed by atoms with E-state index in [9.17, 15) is 4.39 Å². The van der Waals surface area contributed by atoms with Crippen LogP contribution in [0.4, 0.5) is 10.1 Å². The maximum Gasteiger partial charge on any atom is 0.190 e. The van der Waals surface area contributed by atoms with Crippen molar-refractivity contribution in [1.29, 1.82) is 0 Å². The summed E-state index contributed by atoms with van der Waals surface area (Å²) < 4.78 is 14.3. The summed E-state index contributed by atoms with van der Waals surface area (Å²) in [7, 11) is 0. The van der Waals surface area contributed by atoms with Gasteiger partial charge in [0.05, 0.1) is 143 Å². The Labute approximate surface area is 742 Å². The highest BCUT2D eigenvalue weighted by molar-refractivity contribution is 5.85. The van der Waals surface area contributed by atoms with Crippen molar-refractivity contribution in [2.45, 2.75) is 0 Å². The Morgan fingerprint density at radius 3 is 0.667 bits per heavy atom. The number of halogens is 1. The highest BCUT2D eigenvalue weighted by Gasteiger charge is 2.20. The molecule has 0 N–H and O–H groups in total. The Bertz CT molecular complexity index is 7390. The summed E-state index contributed by atoms with van der Waals surface area (Å²) in [6.07, 6.45) is 17.3. The van der Waals surface area contributed by atoms with Crippen molar-refractivity contribution in [2.75, 3.05) is 0 Å². The number of hydrogen-bond acceptors (Lipinski definition) is 17. The third-order valence-electron chi connectivity index (χ3n) is 21.0. The van der Waals surface area contributed by atoms with E-state index in [1.807, 2.05) is 304 Å². The van der Waals surface area contributed by atoms with E-state index < -0.39 is 0 Å². The Kier molecular flexibility index (Phi) is 23.8. The van der Waals surface area contributed by atoms with E-state index in [4.69, 9.17) is 51.4 Å². The van der Waals surface area contributed by atoms with E-state index >= 15 is 0 Å². The Hall–Kier alpha value is -18.2. The predicted molar refractivity (Wildman–Crippen MR) is 506 cm³/mol. The normalized spacial score (nSPS) is 10.8. The van der Waals surface area contributed by atoms with Crippen LogP contribution in [0.3, 0.4) is 0 Å². The monoisotopic (exact) mass is 1660 g/mol. The summed E-state index contributed by atoms with van der Waals surface area (Å²) >= 11 is 0. The summed E-state index contributed by atoms with van der Waals surface area (Å²) in [5.74, 6) is -0.355. The summed E-state index contributed by atoms with van der Waals surface area (Å²) in [5.41, 5.74) is 30.4. The number of hydrogen-bond donors (Lipinski definition) is 0. The molecule has 0 spiro atoms. The molecule has 0 aliphatic rings. The van der Waals surface area contributed by atoms with E-state index in [0.29, 0.717) is 17.1 Å². The summed E-state index contributed by atoms with van der Waals surface area (Å²) in [5, 5.41) is 0. The molecule has 0 atom stereocenters. The van der Waals surface area contributed by atoms with Gasteiger partial charge in [-0.25, -0.2) is 54.1 Å². The van der Waals surface area contributed by atoms with Crippen LogP contribution in [0.1, 0.15) is 0 Å². The minimum Gasteiger partial charge on any atom is -0.264 e. The van der Waals surface area contributed by atoms with Crippen LogP contribution < -0.4 is 0 Å². The van der Waals surface area contributed by atoms with Crippen LogP contribution in [0.25, 0.3) is 208 Å². The lowest BCUT2D eigenvalue weighted by Gasteiger charge is -2.12. The Balaban J connectivity index is 0.000000127. The van der Waals surface area contributed by atoms with Crippen molar-refractivity contribution < 1.29 is 4.39 Å². The average Bonchev–Trinajstić information content (AvgIpc) is 0.493. The van der Waals surface area contributed by atoms with Crippen LogP contribution in [0, 0.1) is 12.4 Å². The smallest absolute Gasteiger partial charge is 0.190 e. The zero-order chi connectivity index (χ0) is 86.9. The molecule has 17 aromatic heterocycles. The van der Waals surface area contributed by atoms with Gasteiger partial charge in [-0.3, -0.25) is 39.9 Å².